The summed E-state index contributed by atoms with van der Waals surface area (Å²) in [6, 6.07) is 0. The molecule has 0 N–H and O–H groups in total. The first-order chi connectivity index (χ1) is 8.13. The Bertz CT molecular complexity index is 351. The van der Waals surface area contributed by atoms with Gasteiger partial charge in [0.25, 0.3) is 0 Å². The molecular formula is C14H20FNO. The highest BCUT2D eigenvalue weighted by molar-refractivity contribution is 5.58. The number of halogens is 1. The van der Waals surface area contributed by atoms with Gasteiger partial charge in [-0.3, -0.25) is 4.99 Å². The maximum absolute atomic E-state index is 13.1. The zero-order chi connectivity index (χ0) is 13.1. The van der Waals surface area contributed by atoms with Crippen LogP contribution in [0.2, 0.25) is 0 Å². The van der Waals surface area contributed by atoms with E-state index in [0.717, 1.165) is 12.1 Å². The van der Waals surface area contributed by atoms with E-state index >= 15 is 0 Å². The van der Waals surface area contributed by atoms with Gasteiger partial charge in [-0.2, -0.15) is 0 Å². The van der Waals surface area contributed by atoms with Crippen LogP contribution in [0.3, 0.4) is 0 Å². The molecule has 0 aromatic carbocycles. The van der Waals surface area contributed by atoms with E-state index in [1.165, 1.54) is 18.2 Å². The second-order valence-corrected chi connectivity index (χ2v) is 3.33. The van der Waals surface area contributed by atoms with Crippen molar-refractivity contribution in [2.75, 3.05) is 6.61 Å². The number of rotatable bonds is 7. The Labute approximate surface area is 103 Å². The molecule has 0 amide bonds. The normalized spacial score (nSPS) is 14.2. The van der Waals surface area contributed by atoms with Gasteiger partial charge in [-0.05, 0) is 26.3 Å². The molecule has 94 valence electrons. The zero-order valence-electron chi connectivity index (χ0n) is 10.7. The Balaban J connectivity index is 4.32. The predicted octanol–water partition coefficient (Wildman–Crippen LogP) is 4.33. The Morgan fingerprint density at radius 2 is 2.18 bits per heavy atom. The van der Waals surface area contributed by atoms with Crippen molar-refractivity contribution in [2.24, 2.45) is 4.99 Å². The molecule has 0 spiro atoms. The molecule has 0 saturated carbocycles. The maximum atomic E-state index is 13.1. The lowest BCUT2D eigenvalue weighted by molar-refractivity contribution is 0.239. The highest BCUT2D eigenvalue weighted by Gasteiger charge is 1.96. The number of nitrogens with zero attached hydrogens (tertiary/aromatic N) is 1. The topological polar surface area (TPSA) is 21.6 Å². The van der Waals surface area contributed by atoms with Crippen LogP contribution in [0, 0.1) is 0 Å². The van der Waals surface area contributed by atoms with Gasteiger partial charge in [-0.25, -0.2) is 4.39 Å². The highest BCUT2D eigenvalue weighted by Crippen LogP contribution is 2.07. The fraction of sp³-hybridized carbons (Fsp3) is 0.357. The van der Waals surface area contributed by atoms with Crippen LogP contribution >= 0.6 is 0 Å². The van der Waals surface area contributed by atoms with Crippen molar-refractivity contribution in [3.63, 3.8) is 0 Å². The standard InChI is InChI=1S/C14H20FNO/c1-5-8-13(15)10-12(4)17-11-14(7-3)16-9-6-2/h5,7-10H,1,6,11H2,2-4H3/b12-10+,13-8+,14-7-,16-9?. The minimum Gasteiger partial charge on any atom is -0.492 e. The molecule has 0 radical (unpaired) electrons. The monoisotopic (exact) mass is 237 g/mol. The first-order valence-electron chi connectivity index (χ1n) is 5.61. The highest BCUT2D eigenvalue weighted by atomic mass is 19.1. The van der Waals surface area contributed by atoms with E-state index < -0.39 is 0 Å². The van der Waals surface area contributed by atoms with Gasteiger partial charge >= 0.3 is 0 Å². The Kier molecular flexibility index (Phi) is 8.65. The van der Waals surface area contributed by atoms with Gasteiger partial charge in [-0.15, -0.1) is 0 Å². The van der Waals surface area contributed by atoms with E-state index in [0.29, 0.717) is 12.4 Å². The Morgan fingerprint density at radius 3 is 2.71 bits per heavy atom. The van der Waals surface area contributed by atoms with Gasteiger partial charge in [-0.1, -0.05) is 25.7 Å². The predicted molar refractivity (Wildman–Crippen MR) is 71.6 cm³/mol. The fourth-order valence-corrected chi connectivity index (χ4v) is 0.988. The van der Waals surface area contributed by atoms with Crippen LogP contribution in [0.15, 0.2) is 53.2 Å². The molecule has 3 heteroatoms. The molecule has 2 nitrogen and oxygen atoms in total. The molecule has 0 aromatic rings. The molecule has 0 unspecified atom stereocenters. The van der Waals surface area contributed by atoms with Crippen molar-refractivity contribution in [2.45, 2.75) is 27.2 Å². The third-order valence-electron chi connectivity index (χ3n) is 1.84. The van der Waals surface area contributed by atoms with Crippen LogP contribution in [0.5, 0.6) is 0 Å². The van der Waals surface area contributed by atoms with Gasteiger partial charge in [0.1, 0.15) is 12.4 Å². The summed E-state index contributed by atoms with van der Waals surface area (Å²) in [6.07, 6.45) is 8.55. The van der Waals surface area contributed by atoms with E-state index in [2.05, 4.69) is 11.6 Å². The van der Waals surface area contributed by atoms with Gasteiger partial charge in [0, 0.05) is 12.3 Å². The van der Waals surface area contributed by atoms with Crippen molar-refractivity contribution in [3.8, 4) is 0 Å². The molecule has 0 saturated heterocycles. The summed E-state index contributed by atoms with van der Waals surface area (Å²) in [5.74, 6) is 0.128. The number of hydrogen-bond acceptors (Lipinski definition) is 2. The summed E-state index contributed by atoms with van der Waals surface area (Å²) in [6.45, 7) is 9.36. The molecule has 0 aromatic heterocycles. The van der Waals surface area contributed by atoms with Crippen molar-refractivity contribution in [3.05, 3.63) is 48.2 Å². The van der Waals surface area contributed by atoms with E-state index in [1.54, 1.807) is 6.92 Å². The minimum absolute atomic E-state index is 0.344. The minimum atomic E-state index is -0.378. The Hall–Kier alpha value is -1.64. The quantitative estimate of drug-likeness (QED) is 0.367. The van der Waals surface area contributed by atoms with Crippen LogP contribution in [0.25, 0.3) is 0 Å². The SMILES string of the molecule is C=C/C=C(F)\C=C(/C)OC/C(=C/C)N=CCC. The zero-order valence-corrected chi connectivity index (χ0v) is 10.7. The van der Waals surface area contributed by atoms with Crippen molar-refractivity contribution in [1.29, 1.82) is 0 Å². The molecule has 0 fully saturated rings. The molecule has 0 heterocycles. The Morgan fingerprint density at radius 1 is 1.47 bits per heavy atom. The molecule has 0 aliphatic carbocycles. The smallest absolute Gasteiger partial charge is 0.129 e. The largest absolute Gasteiger partial charge is 0.492 e. The van der Waals surface area contributed by atoms with Crippen LogP contribution in [-0.4, -0.2) is 12.8 Å². The first-order valence-corrected chi connectivity index (χ1v) is 5.61. The summed E-state index contributed by atoms with van der Waals surface area (Å²) in [5, 5.41) is 0. The average molecular weight is 237 g/mol. The van der Waals surface area contributed by atoms with E-state index in [9.17, 15) is 4.39 Å². The molecule has 0 atom stereocenters. The van der Waals surface area contributed by atoms with Gasteiger partial charge in [0.05, 0.1) is 11.5 Å². The van der Waals surface area contributed by atoms with Crippen LogP contribution in [-0.2, 0) is 4.74 Å². The summed E-state index contributed by atoms with van der Waals surface area (Å²) in [4.78, 5) is 4.21. The van der Waals surface area contributed by atoms with Crippen LogP contribution in [0.1, 0.15) is 27.2 Å². The summed E-state index contributed by atoms with van der Waals surface area (Å²) >= 11 is 0. The lowest BCUT2D eigenvalue weighted by atomic mass is 10.4. The molecule has 0 aliphatic heterocycles. The molecule has 17 heavy (non-hydrogen) atoms. The molecule has 0 rings (SSSR count). The number of ether oxygens (including phenoxy) is 1. The molecule has 0 aliphatic rings. The van der Waals surface area contributed by atoms with E-state index in [1.807, 2.05) is 26.1 Å². The summed E-state index contributed by atoms with van der Waals surface area (Å²) < 4.78 is 18.4. The number of aliphatic imine (C=N–C) groups is 1. The van der Waals surface area contributed by atoms with Gasteiger partial charge in [0.15, 0.2) is 0 Å². The van der Waals surface area contributed by atoms with Crippen molar-refractivity contribution < 1.29 is 9.13 Å². The number of hydrogen-bond donors (Lipinski definition) is 0. The lowest BCUT2D eigenvalue weighted by Gasteiger charge is -2.06. The molecule has 0 bridgehead atoms. The fourth-order valence-electron chi connectivity index (χ4n) is 0.988. The van der Waals surface area contributed by atoms with E-state index in [4.69, 9.17) is 4.74 Å². The molecular weight excluding hydrogens is 217 g/mol. The summed E-state index contributed by atoms with van der Waals surface area (Å²) in [7, 11) is 0. The average Bonchev–Trinajstić information content (AvgIpc) is 2.29. The van der Waals surface area contributed by atoms with Crippen molar-refractivity contribution >= 4 is 6.21 Å². The summed E-state index contributed by atoms with van der Waals surface area (Å²) in [5.41, 5.74) is 0.827. The second-order valence-electron chi connectivity index (χ2n) is 3.33. The van der Waals surface area contributed by atoms with Gasteiger partial charge < -0.3 is 4.74 Å². The second kappa shape index (κ2) is 9.58. The first kappa shape index (κ1) is 15.4. The van der Waals surface area contributed by atoms with Crippen LogP contribution in [0.4, 0.5) is 4.39 Å². The third kappa shape index (κ3) is 8.20. The third-order valence-corrected chi connectivity index (χ3v) is 1.84. The van der Waals surface area contributed by atoms with Crippen molar-refractivity contribution in [1.82, 2.24) is 0 Å². The number of allylic oxidation sites excluding steroid dienone is 6. The van der Waals surface area contributed by atoms with E-state index in [-0.39, 0.29) is 5.83 Å². The maximum Gasteiger partial charge on any atom is 0.129 e. The van der Waals surface area contributed by atoms with Gasteiger partial charge in [0.2, 0.25) is 0 Å². The van der Waals surface area contributed by atoms with Crippen LogP contribution < -0.4 is 0 Å². The lowest BCUT2D eigenvalue weighted by Crippen LogP contribution is -1.95.